The van der Waals surface area contributed by atoms with Crippen LogP contribution in [0.1, 0.15) is 12.5 Å². The minimum Gasteiger partial charge on any atom is -0.467 e. The number of urea groups is 1. The first-order valence-corrected chi connectivity index (χ1v) is 5.73. The monoisotopic (exact) mass is 270 g/mol. The van der Waals surface area contributed by atoms with Gasteiger partial charge in [0.15, 0.2) is 0 Å². The number of carbonyl (C=O) groups is 2. The first-order chi connectivity index (χ1) is 8.43. The van der Waals surface area contributed by atoms with E-state index in [1.807, 2.05) is 6.92 Å². The van der Waals surface area contributed by atoms with Gasteiger partial charge in [0.2, 0.25) is 0 Å². The van der Waals surface area contributed by atoms with Crippen LogP contribution in [0.5, 0.6) is 0 Å². The molecule has 0 aliphatic heterocycles. The van der Waals surface area contributed by atoms with Crippen molar-refractivity contribution in [3.05, 3.63) is 28.8 Å². The number of nitrogens with one attached hydrogen (secondary N) is 2. The summed E-state index contributed by atoms with van der Waals surface area (Å²) in [5.41, 5.74) is 1.48. The Morgan fingerprint density at radius 2 is 2.06 bits per heavy atom. The quantitative estimate of drug-likeness (QED) is 0.829. The van der Waals surface area contributed by atoms with Crippen molar-refractivity contribution in [3.63, 3.8) is 0 Å². The van der Waals surface area contributed by atoms with E-state index in [4.69, 9.17) is 11.6 Å². The number of methoxy groups -OCH3 is 1. The molecule has 6 heteroatoms. The highest BCUT2D eigenvalue weighted by molar-refractivity contribution is 6.31. The molecule has 1 unspecified atom stereocenters. The van der Waals surface area contributed by atoms with Crippen molar-refractivity contribution >= 4 is 29.3 Å². The van der Waals surface area contributed by atoms with Crippen molar-refractivity contribution in [2.45, 2.75) is 19.9 Å². The third-order valence-corrected chi connectivity index (χ3v) is 2.74. The lowest BCUT2D eigenvalue weighted by Crippen LogP contribution is -2.41. The van der Waals surface area contributed by atoms with Crippen LogP contribution in [0.4, 0.5) is 10.5 Å². The number of hydrogen-bond acceptors (Lipinski definition) is 3. The van der Waals surface area contributed by atoms with Crippen LogP contribution in [0, 0.1) is 6.92 Å². The minimum atomic E-state index is -0.712. The van der Waals surface area contributed by atoms with Crippen LogP contribution in [-0.4, -0.2) is 25.2 Å². The summed E-state index contributed by atoms with van der Waals surface area (Å²) in [5, 5.41) is 5.59. The Hall–Kier alpha value is -1.75. The van der Waals surface area contributed by atoms with Gasteiger partial charge in [0.1, 0.15) is 6.04 Å². The van der Waals surface area contributed by atoms with Gasteiger partial charge in [0, 0.05) is 10.7 Å². The third kappa shape index (κ3) is 3.92. The van der Waals surface area contributed by atoms with E-state index in [0.29, 0.717) is 10.7 Å². The van der Waals surface area contributed by atoms with Crippen molar-refractivity contribution in [1.29, 1.82) is 0 Å². The van der Waals surface area contributed by atoms with Crippen LogP contribution in [-0.2, 0) is 9.53 Å². The van der Waals surface area contributed by atoms with Gasteiger partial charge >= 0.3 is 12.0 Å². The molecule has 0 aromatic heterocycles. The normalized spacial score (nSPS) is 11.6. The van der Waals surface area contributed by atoms with E-state index in [0.717, 1.165) is 5.56 Å². The largest absolute Gasteiger partial charge is 0.467 e. The summed E-state index contributed by atoms with van der Waals surface area (Å²) in [6, 6.07) is 3.95. The number of rotatable bonds is 3. The average molecular weight is 271 g/mol. The molecule has 0 aliphatic rings. The smallest absolute Gasteiger partial charge is 0.328 e. The summed E-state index contributed by atoms with van der Waals surface area (Å²) in [5.74, 6) is -0.507. The minimum absolute atomic E-state index is 0.493. The van der Waals surface area contributed by atoms with Gasteiger partial charge in [-0.15, -0.1) is 0 Å². The number of carbonyl (C=O) groups excluding carboxylic acids is 2. The lowest BCUT2D eigenvalue weighted by molar-refractivity contribution is -0.142. The second-order valence-electron chi connectivity index (χ2n) is 3.81. The molecule has 98 valence electrons. The van der Waals surface area contributed by atoms with Gasteiger partial charge in [-0.2, -0.15) is 0 Å². The number of esters is 1. The Morgan fingerprint density at radius 3 is 2.61 bits per heavy atom. The lowest BCUT2D eigenvalue weighted by atomic mass is 10.2. The predicted octanol–water partition coefficient (Wildman–Crippen LogP) is 2.33. The van der Waals surface area contributed by atoms with Gasteiger partial charge in [-0.25, -0.2) is 9.59 Å². The highest BCUT2D eigenvalue weighted by atomic mass is 35.5. The Kier molecular flexibility index (Phi) is 4.97. The Balaban J connectivity index is 2.59. The molecule has 0 saturated carbocycles. The van der Waals surface area contributed by atoms with Crippen LogP contribution in [0.25, 0.3) is 0 Å². The molecular weight excluding hydrogens is 256 g/mol. The number of ether oxygens (including phenoxy) is 1. The second kappa shape index (κ2) is 6.26. The number of anilines is 1. The van der Waals surface area contributed by atoms with Gasteiger partial charge in [-0.05, 0) is 31.5 Å². The molecule has 18 heavy (non-hydrogen) atoms. The molecule has 0 saturated heterocycles. The van der Waals surface area contributed by atoms with Crippen molar-refractivity contribution in [2.24, 2.45) is 0 Å². The van der Waals surface area contributed by atoms with E-state index < -0.39 is 18.0 Å². The highest BCUT2D eigenvalue weighted by Gasteiger charge is 2.15. The predicted molar refractivity (Wildman–Crippen MR) is 69.8 cm³/mol. The molecule has 1 atom stereocenters. The number of hydrogen-bond donors (Lipinski definition) is 2. The zero-order valence-electron chi connectivity index (χ0n) is 10.4. The van der Waals surface area contributed by atoms with E-state index >= 15 is 0 Å². The van der Waals surface area contributed by atoms with Crippen molar-refractivity contribution in [3.8, 4) is 0 Å². The first-order valence-electron chi connectivity index (χ1n) is 5.35. The highest BCUT2D eigenvalue weighted by Crippen LogP contribution is 2.19. The maximum absolute atomic E-state index is 11.6. The molecule has 5 nitrogen and oxygen atoms in total. The molecule has 1 rings (SSSR count). The maximum atomic E-state index is 11.6. The summed E-state index contributed by atoms with van der Waals surface area (Å²) >= 11 is 5.93. The molecule has 2 amide bonds. The SMILES string of the molecule is COC(=O)C(C)NC(=O)Nc1ccc(C)c(Cl)c1. The molecule has 0 aliphatic carbocycles. The number of amides is 2. The van der Waals surface area contributed by atoms with E-state index in [1.54, 1.807) is 18.2 Å². The van der Waals surface area contributed by atoms with Gasteiger partial charge < -0.3 is 15.4 Å². The molecular formula is C12H15ClN2O3. The average Bonchev–Trinajstić information content (AvgIpc) is 2.32. The molecule has 0 spiro atoms. The zero-order valence-corrected chi connectivity index (χ0v) is 11.2. The van der Waals surface area contributed by atoms with Gasteiger partial charge in [-0.1, -0.05) is 17.7 Å². The fraction of sp³-hybridized carbons (Fsp3) is 0.333. The van der Waals surface area contributed by atoms with Crippen LogP contribution in [0.3, 0.4) is 0 Å². The summed E-state index contributed by atoms with van der Waals surface area (Å²) in [6.07, 6.45) is 0. The maximum Gasteiger partial charge on any atom is 0.328 e. The van der Waals surface area contributed by atoms with Gasteiger partial charge in [0.25, 0.3) is 0 Å². The molecule has 0 heterocycles. The van der Waals surface area contributed by atoms with Crippen molar-refractivity contribution in [1.82, 2.24) is 5.32 Å². The molecule has 0 fully saturated rings. The second-order valence-corrected chi connectivity index (χ2v) is 4.21. The summed E-state index contributed by atoms with van der Waals surface area (Å²) in [6.45, 7) is 3.40. The number of halogens is 1. The van der Waals surface area contributed by atoms with Crippen molar-refractivity contribution in [2.75, 3.05) is 12.4 Å². The Labute approximate surface area is 110 Å². The fourth-order valence-electron chi connectivity index (χ4n) is 1.27. The summed E-state index contributed by atoms with van der Waals surface area (Å²) in [7, 11) is 1.26. The van der Waals surface area contributed by atoms with Gasteiger partial charge in [0.05, 0.1) is 7.11 Å². The standard InChI is InChI=1S/C12H15ClN2O3/c1-7-4-5-9(6-10(7)13)15-12(17)14-8(2)11(16)18-3/h4-6,8H,1-3H3,(H2,14,15,17). The molecule has 1 aromatic carbocycles. The Bertz CT molecular complexity index is 463. The summed E-state index contributed by atoms with van der Waals surface area (Å²) < 4.78 is 4.50. The van der Waals surface area contributed by atoms with Crippen LogP contribution in [0.15, 0.2) is 18.2 Å². The van der Waals surface area contributed by atoms with Crippen LogP contribution in [0.2, 0.25) is 5.02 Å². The third-order valence-electron chi connectivity index (χ3n) is 2.33. The lowest BCUT2D eigenvalue weighted by Gasteiger charge is -2.12. The topological polar surface area (TPSA) is 67.4 Å². The van der Waals surface area contributed by atoms with E-state index in [2.05, 4.69) is 15.4 Å². The van der Waals surface area contributed by atoms with Crippen LogP contribution < -0.4 is 10.6 Å². The van der Waals surface area contributed by atoms with Crippen molar-refractivity contribution < 1.29 is 14.3 Å². The zero-order chi connectivity index (χ0) is 13.7. The Morgan fingerprint density at radius 1 is 1.39 bits per heavy atom. The molecule has 0 radical (unpaired) electrons. The van der Waals surface area contributed by atoms with Gasteiger partial charge in [-0.3, -0.25) is 0 Å². The van der Waals surface area contributed by atoms with E-state index in [9.17, 15) is 9.59 Å². The van der Waals surface area contributed by atoms with E-state index in [-0.39, 0.29) is 0 Å². The molecule has 1 aromatic rings. The van der Waals surface area contributed by atoms with Crippen LogP contribution >= 0.6 is 11.6 Å². The van der Waals surface area contributed by atoms with E-state index in [1.165, 1.54) is 14.0 Å². The fourth-order valence-corrected chi connectivity index (χ4v) is 1.45. The molecule has 2 N–H and O–H groups in total. The number of benzene rings is 1. The number of aryl methyl sites for hydroxylation is 1. The molecule has 0 bridgehead atoms. The first kappa shape index (κ1) is 14.3. The summed E-state index contributed by atoms with van der Waals surface area (Å²) in [4.78, 5) is 22.7.